The van der Waals surface area contributed by atoms with Crippen LogP contribution in [0.5, 0.6) is 0 Å². The van der Waals surface area contributed by atoms with Crippen molar-refractivity contribution in [3.63, 3.8) is 0 Å². The highest BCUT2D eigenvalue weighted by Crippen LogP contribution is 1.92. The first-order valence-electron chi connectivity index (χ1n) is 3.60. The van der Waals surface area contributed by atoms with Gasteiger partial charge in [0.15, 0.2) is 23.3 Å². The Morgan fingerprint density at radius 3 is 2.54 bits per heavy atom. The van der Waals surface area contributed by atoms with Crippen LogP contribution in [0.3, 0.4) is 0 Å². The molecule has 0 aromatic carbocycles. The fourth-order valence-corrected chi connectivity index (χ4v) is 0.669. The molecular formula is C6H17AlN4O2. The maximum atomic E-state index is 10.2. The molecule has 0 aliphatic carbocycles. The molecule has 0 radical (unpaired) electrons. The van der Waals surface area contributed by atoms with E-state index in [2.05, 4.69) is 5.32 Å². The zero-order valence-corrected chi connectivity index (χ0v) is 6.71. The third-order valence-electron chi connectivity index (χ3n) is 1.32. The minimum absolute atomic E-state index is 0. The van der Waals surface area contributed by atoms with Gasteiger partial charge in [0.2, 0.25) is 0 Å². The van der Waals surface area contributed by atoms with Crippen molar-refractivity contribution in [2.75, 3.05) is 6.54 Å². The Hall–Kier alpha value is -0.768. The van der Waals surface area contributed by atoms with E-state index < -0.39 is 12.0 Å². The van der Waals surface area contributed by atoms with Crippen LogP contribution in [0.2, 0.25) is 0 Å². The molecule has 0 spiro atoms. The maximum Gasteiger partial charge on any atom is 0.320 e. The van der Waals surface area contributed by atoms with Crippen molar-refractivity contribution in [3.05, 3.63) is 0 Å². The third-order valence-corrected chi connectivity index (χ3v) is 1.32. The fraction of sp³-hybridized carbons (Fsp3) is 0.667. The summed E-state index contributed by atoms with van der Waals surface area (Å²) in [5.41, 5.74) is 10.2. The SMILES string of the molecule is N=C(N)NCCCC(N)C(=O)O.[AlH3]. The molecule has 0 aromatic rings. The number of hydrogen-bond acceptors (Lipinski definition) is 3. The van der Waals surface area contributed by atoms with Crippen LogP contribution in [0.15, 0.2) is 0 Å². The number of carboxylic acids is 1. The lowest BCUT2D eigenvalue weighted by molar-refractivity contribution is -0.138. The molecule has 7 heteroatoms. The number of nitrogens with two attached hydrogens (primary N) is 2. The zero-order chi connectivity index (χ0) is 9.56. The summed E-state index contributed by atoms with van der Waals surface area (Å²) in [5.74, 6) is -1.11. The number of rotatable bonds is 5. The van der Waals surface area contributed by atoms with Crippen molar-refractivity contribution in [2.45, 2.75) is 18.9 Å². The summed E-state index contributed by atoms with van der Waals surface area (Å²) in [6, 6.07) is -0.821. The zero-order valence-electron chi connectivity index (χ0n) is 6.71. The molecule has 0 aliphatic heterocycles. The number of guanidine groups is 1. The largest absolute Gasteiger partial charge is 0.480 e. The van der Waals surface area contributed by atoms with Crippen molar-refractivity contribution >= 4 is 29.3 Å². The van der Waals surface area contributed by atoms with E-state index in [4.69, 9.17) is 22.0 Å². The molecule has 0 aromatic heterocycles. The van der Waals surface area contributed by atoms with Crippen molar-refractivity contribution in [1.82, 2.24) is 5.32 Å². The van der Waals surface area contributed by atoms with Crippen molar-refractivity contribution in [1.29, 1.82) is 5.41 Å². The van der Waals surface area contributed by atoms with Gasteiger partial charge < -0.3 is 21.9 Å². The molecule has 0 heterocycles. The number of nitrogens with one attached hydrogen (secondary N) is 2. The Labute approximate surface area is 87.3 Å². The van der Waals surface area contributed by atoms with E-state index in [0.29, 0.717) is 19.4 Å². The first-order valence-corrected chi connectivity index (χ1v) is 3.60. The topological polar surface area (TPSA) is 125 Å². The molecule has 0 saturated carbocycles. The Morgan fingerprint density at radius 1 is 1.62 bits per heavy atom. The van der Waals surface area contributed by atoms with Gasteiger partial charge in [0.05, 0.1) is 0 Å². The van der Waals surface area contributed by atoms with Crippen molar-refractivity contribution in [3.8, 4) is 0 Å². The van der Waals surface area contributed by atoms with Crippen molar-refractivity contribution in [2.24, 2.45) is 11.5 Å². The molecule has 0 amide bonds. The monoisotopic (exact) mass is 204 g/mol. The Balaban J connectivity index is 0. The van der Waals surface area contributed by atoms with Gasteiger partial charge in [-0.3, -0.25) is 10.2 Å². The lowest BCUT2D eigenvalue weighted by Gasteiger charge is -2.06. The molecule has 0 aliphatic rings. The highest BCUT2D eigenvalue weighted by molar-refractivity contribution is 5.75. The van der Waals surface area contributed by atoms with Crippen LogP contribution in [-0.4, -0.2) is 47.0 Å². The summed E-state index contributed by atoms with van der Waals surface area (Å²) >= 11 is 0. The summed E-state index contributed by atoms with van der Waals surface area (Å²) < 4.78 is 0. The van der Waals surface area contributed by atoms with Gasteiger partial charge in [0.1, 0.15) is 6.04 Å². The first-order chi connectivity index (χ1) is 5.54. The number of carboxylic acid groups (broad SMARTS) is 1. The van der Waals surface area contributed by atoms with Gasteiger partial charge in [-0.05, 0) is 12.8 Å². The van der Waals surface area contributed by atoms with E-state index in [0.717, 1.165) is 0 Å². The van der Waals surface area contributed by atoms with E-state index >= 15 is 0 Å². The van der Waals surface area contributed by atoms with Gasteiger partial charge in [-0.15, -0.1) is 0 Å². The summed E-state index contributed by atoms with van der Waals surface area (Å²) in [6.45, 7) is 0.482. The molecule has 7 N–H and O–H groups in total. The predicted octanol–water partition coefficient (Wildman–Crippen LogP) is -2.52. The minimum atomic E-state index is -1.00. The van der Waals surface area contributed by atoms with Crippen LogP contribution in [0.1, 0.15) is 12.8 Å². The molecule has 0 bridgehead atoms. The van der Waals surface area contributed by atoms with Crippen LogP contribution in [0.25, 0.3) is 0 Å². The highest BCUT2D eigenvalue weighted by atomic mass is 27.0. The highest BCUT2D eigenvalue weighted by Gasteiger charge is 2.09. The van der Waals surface area contributed by atoms with Crippen LogP contribution in [0.4, 0.5) is 0 Å². The molecule has 13 heavy (non-hydrogen) atoms. The quantitative estimate of drug-likeness (QED) is 0.146. The standard InChI is InChI=1S/C6H14N4O2.Al.3H/c7-4(5(11)12)2-1-3-10-6(8)9;;;;/h4H,1-3,7H2,(H,11,12)(H4,8,9,10);;;;. The second-order valence-corrected chi connectivity index (χ2v) is 2.43. The average molecular weight is 204 g/mol. The van der Waals surface area contributed by atoms with E-state index in [1.165, 1.54) is 0 Å². The van der Waals surface area contributed by atoms with Crippen LogP contribution >= 0.6 is 0 Å². The first kappa shape index (κ1) is 14.7. The molecule has 0 rings (SSSR count). The summed E-state index contributed by atoms with van der Waals surface area (Å²) in [4.78, 5) is 10.2. The predicted molar refractivity (Wildman–Crippen MR) is 54.7 cm³/mol. The number of carbonyl (C=O) groups is 1. The number of aliphatic carboxylic acids is 1. The fourth-order valence-electron chi connectivity index (χ4n) is 0.669. The molecule has 1 unspecified atom stereocenters. The lowest BCUT2D eigenvalue weighted by atomic mass is 10.2. The van der Waals surface area contributed by atoms with Gasteiger partial charge in [0, 0.05) is 6.54 Å². The van der Waals surface area contributed by atoms with Crippen LogP contribution in [-0.2, 0) is 4.79 Å². The third kappa shape index (κ3) is 9.14. The molecule has 0 fully saturated rings. The van der Waals surface area contributed by atoms with Gasteiger partial charge in [-0.2, -0.15) is 0 Å². The average Bonchev–Trinajstić information content (AvgIpc) is 1.97. The Bertz CT molecular complexity index is 176. The maximum absolute atomic E-state index is 10.2. The van der Waals surface area contributed by atoms with E-state index in [1.807, 2.05) is 0 Å². The van der Waals surface area contributed by atoms with E-state index in [1.54, 1.807) is 0 Å². The lowest BCUT2D eigenvalue weighted by Crippen LogP contribution is -2.34. The Kier molecular flexibility index (Phi) is 8.91. The van der Waals surface area contributed by atoms with Crippen LogP contribution < -0.4 is 16.8 Å². The molecular weight excluding hydrogens is 187 g/mol. The summed E-state index contributed by atoms with van der Waals surface area (Å²) in [6.07, 6.45) is 0.975. The molecule has 6 nitrogen and oxygen atoms in total. The van der Waals surface area contributed by atoms with Crippen LogP contribution in [0, 0.1) is 5.41 Å². The van der Waals surface area contributed by atoms with Gasteiger partial charge in [-0.25, -0.2) is 0 Å². The van der Waals surface area contributed by atoms with E-state index in [-0.39, 0.29) is 23.3 Å². The Morgan fingerprint density at radius 2 is 2.15 bits per heavy atom. The molecule has 0 saturated heterocycles. The minimum Gasteiger partial charge on any atom is -0.480 e. The smallest absolute Gasteiger partial charge is 0.320 e. The summed E-state index contributed by atoms with van der Waals surface area (Å²) in [7, 11) is 0. The summed E-state index contributed by atoms with van der Waals surface area (Å²) in [5, 5.41) is 17.7. The second-order valence-electron chi connectivity index (χ2n) is 2.43. The van der Waals surface area contributed by atoms with Gasteiger partial charge >= 0.3 is 5.97 Å². The van der Waals surface area contributed by atoms with E-state index in [9.17, 15) is 4.79 Å². The second kappa shape index (κ2) is 7.86. The molecule has 76 valence electrons. The van der Waals surface area contributed by atoms with Gasteiger partial charge in [0.25, 0.3) is 0 Å². The normalized spacial score (nSPS) is 11.2. The van der Waals surface area contributed by atoms with Gasteiger partial charge in [-0.1, -0.05) is 0 Å². The van der Waals surface area contributed by atoms with Crippen molar-refractivity contribution < 1.29 is 9.90 Å². The number of hydrogen-bond donors (Lipinski definition) is 5. The molecule has 1 atom stereocenters.